The highest BCUT2D eigenvalue weighted by Gasteiger charge is 2.32. The molecule has 24 heavy (non-hydrogen) atoms. The van der Waals surface area contributed by atoms with E-state index in [1.54, 1.807) is 0 Å². The molecule has 1 atom stereocenters. The molecule has 0 bridgehead atoms. The summed E-state index contributed by atoms with van der Waals surface area (Å²) in [6, 6.07) is 5.44. The highest BCUT2D eigenvalue weighted by atomic mass is 16.5. The molecule has 5 nitrogen and oxygen atoms in total. The smallest absolute Gasteiger partial charge is 0.323 e. The van der Waals surface area contributed by atoms with Crippen molar-refractivity contribution < 1.29 is 14.3 Å². The highest BCUT2D eigenvalue weighted by molar-refractivity contribution is 5.94. The maximum atomic E-state index is 12.4. The van der Waals surface area contributed by atoms with E-state index < -0.39 is 6.04 Å². The minimum Gasteiger partial charge on any atom is -0.468 e. The summed E-state index contributed by atoms with van der Waals surface area (Å²) in [4.78, 5) is 24.3. The van der Waals surface area contributed by atoms with E-state index in [2.05, 4.69) is 24.5 Å². The van der Waals surface area contributed by atoms with Gasteiger partial charge in [-0.1, -0.05) is 52.8 Å². The molecule has 0 aliphatic carbocycles. The summed E-state index contributed by atoms with van der Waals surface area (Å²) >= 11 is 0. The molecule has 0 saturated carbocycles. The number of carbonyl (C=O) groups excluding carboxylic acids is 2. The Labute approximate surface area is 145 Å². The van der Waals surface area contributed by atoms with Crippen molar-refractivity contribution in [1.29, 1.82) is 0 Å². The molecule has 1 aromatic carbocycles. The summed E-state index contributed by atoms with van der Waals surface area (Å²) in [5, 5.41) is 5.98. The molecule has 0 aliphatic rings. The van der Waals surface area contributed by atoms with Crippen LogP contribution in [0.15, 0.2) is 18.2 Å². The number of ether oxygens (including phenoxy) is 1. The topological polar surface area (TPSA) is 67.4 Å². The molecule has 0 aromatic heterocycles. The summed E-state index contributed by atoms with van der Waals surface area (Å²) in [6.07, 6.45) is 0. The van der Waals surface area contributed by atoms with E-state index in [1.807, 2.05) is 45.9 Å². The maximum Gasteiger partial charge on any atom is 0.323 e. The zero-order valence-corrected chi connectivity index (χ0v) is 15.8. The third-order valence-electron chi connectivity index (χ3n) is 3.96. The van der Waals surface area contributed by atoms with Crippen LogP contribution >= 0.6 is 0 Å². The zero-order chi connectivity index (χ0) is 18.5. The van der Waals surface area contributed by atoms with Crippen LogP contribution in [0.3, 0.4) is 0 Å². The Morgan fingerprint density at radius 2 is 1.83 bits per heavy atom. The first-order valence-electron chi connectivity index (χ1n) is 8.28. The van der Waals surface area contributed by atoms with Crippen LogP contribution in [-0.4, -0.2) is 31.6 Å². The van der Waals surface area contributed by atoms with E-state index in [4.69, 9.17) is 4.74 Å². The predicted molar refractivity (Wildman–Crippen MR) is 97.2 cm³/mol. The van der Waals surface area contributed by atoms with Gasteiger partial charge < -0.3 is 10.1 Å². The molecule has 134 valence electrons. The number of nitrogens with one attached hydrogen (secondary N) is 2. The first kappa shape index (κ1) is 20.2. The van der Waals surface area contributed by atoms with Gasteiger partial charge in [-0.2, -0.15) is 0 Å². The van der Waals surface area contributed by atoms with Crippen LogP contribution in [0.4, 0.5) is 5.69 Å². The second-order valence-electron chi connectivity index (χ2n) is 7.45. The van der Waals surface area contributed by atoms with Gasteiger partial charge >= 0.3 is 5.97 Å². The summed E-state index contributed by atoms with van der Waals surface area (Å²) in [6.45, 7) is 12.0. The quantitative estimate of drug-likeness (QED) is 0.784. The van der Waals surface area contributed by atoms with Crippen molar-refractivity contribution in [1.82, 2.24) is 5.32 Å². The Bertz CT molecular complexity index is 589. The van der Waals surface area contributed by atoms with Crippen LogP contribution in [0, 0.1) is 12.3 Å². The highest BCUT2D eigenvalue weighted by Crippen LogP contribution is 2.27. The van der Waals surface area contributed by atoms with Crippen molar-refractivity contribution in [2.45, 2.75) is 53.5 Å². The predicted octanol–water partition coefficient (Wildman–Crippen LogP) is 3.23. The largest absolute Gasteiger partial charge is 0.468 e. The van der Waals surface area contributed by atoms with Gasteiger partial charge in [0.1, 0.15) is 6.04 Å². The van der Waals surface area contributed by atoms with Gasteiger partial charge in [-0.3, -0.25) is 14.9 Å². The van der Waals surface area contributed by atoms with Crippen molar-refractivity contribution in [2.75, 3.05) is 19.0 Å². The molecule has 2 N–H and O–H groups in total. The van der Waals surface area contributed by atoms with E-state index in [0.717, 1.165) is 16.8 Å². The average Bonchev–Trinajstić information content (AvgIpc) is 2.47. The normalized spacial score (nSPS) is 12.8. The number of hydrogen-bond acceptors (Lipinski definition) is 4. The monoisotopic (exact) mass is 334 g/mol. The number of rotatable bonds is 6. The van der Waals surface area contributed by atoms with Gasteiger partial charge in [0.05, 0.1) is 13.7 Å². The van der Waals surface area contributed by atoms with Crippen molar-refractivity contribution in [3.05, 3.63) is 29.3 Å². The lowest BCUT2D eigenvalue weighted by molar-refractivity contribution is -0.146. The second kappa shape index (κ2) is 8.29. The van der Waals surface area contributed by atoms with E-state index in [0.29, 0.717) is 5.92 Å². The molecule has 0 spiro atoms. The maximum absolute atomic E-state index is 12.4. The molecular formula is C19H30N2O3. The first-order valence-corrected chi connectivity index (χ1v) is 8.28. The fraction of sp³-hybridized carbons (Fsp3) is 0.579. The molecule has 0 saturated heterocycles. The molecule has 0 heterocycles. The summed E-state index contributed by atoms with van der Waals surface area (Å²) in [7, 11) is 1.35. The van der Waals surface area contributed by atoms with Gasteiger partial charge in [0.25, 0.3) is 0 Å². The molecular weight excluding hydrogens is 304 g/mol. The number of amides is 1. The van der Waals surface area contributed by atoms with Gasteiger partial charge in [-0.05, 0) is 29.4 Å². The lowest BCUT2D eigenvalue weighted by Crippen LogP contribution is -2.49. The Kier molecular flexibility index (Phi) is 6.96. The number of carbonyl (C=O) groups is 2. The number of esters is 1. The molecule has 1 rings (SSSR count). The number of hydrogen-bond donors (Lipinski definition) is 2. The molecule has 1 aromatic rings. The third-order valence-corrected chi connectivity index (χ3v) is 3.96. The number of aryl methyl sites for hydroxylation is 1. The molecule has 1 amide bonds. The zero-order valence-electron chi connectivity index (χ0n) is 15.8. The van der Waals surface area contributed by atoms with Crippen LogP contribution in [0.25, 0.3) is 0 Å². The summed E-state index contributed by atoms with van der Waals surface area (Å²) < 4.78 is 4.83. The minimum absolute atomic E-state index is 0.0445. The first-order chi connectivity index (χ1) is 11.1. The number of benzene rings is 1. The summed E-state index contributed by atoms with van der Waals surface area (Å²) in [5.41, 5.74) is 2.63. The van der Waals surface area contributed by atoms with E-state index >= 15 is 0 Å². The van der Waals surface area contributed by atoms with Crippen LogP contribution < -0.4 is 10.6 Å². The van der Waals surface area contributed by atoms with Crippen molar-refractivity contribution >= 4 is 17.6 Å². The van der Waals surface area contributed by atoms with Crippen molar-refractivity contribution in [3.8, 4) is 0 Å². The van der Waals surface area contributed by atoms with Gasteiger partial charge in [0.15, 0.2) is 0 Å². The molecule has 0 radical (unpaired) electrons. The number of para-hydroxylation sites is 1. The average molecular weight is 334 g/mol. The Hall–Kier alpha value is -1.88. The Morgan fingerprint density at radius 1 is 1.21 bits per heavy atom. The third kappa shape index (κ3) is 5.34. The molecule has 0 aliphatic heterocycles. The fourth-order valence-corrected chi connectivity index (χ4v) is 2.58. The fourth-order valence-electron chi connectivity index (χ4n) is 2.58. The Morgan fingerprint density at radius 3 is 2.33 bits per heavy atom. The van der Waals surface area contributed by atoms with E-state index in [9.17, 15) is 9.59 Å². The Balaban J connectivity index is 2.82. The number of anilines is 1. The second-order valence-corrected chi connectivity index (χ2v) is 7.45. The summed E-state index contributed by atoms with van der Waals surface area (Å²) in [5.74, 6) is -0.232. The molecule has 5 heteroatoms. The standard InChI is InChI=1S/C19H30N2O3/c1-12(2)14-10-8-9-13(3)16(14)21-15(22)11-20-17(18(23)24-7)19(4,5)6/h8-10,12,17,20H,11H2,1-7H3,(H,21,22)/t17-/m0/s1. The molecule has 0 unspecified atom stereocenters. The van der Waals surface area contributed by atoms with Crippen LogP contribution in [-0.2, 0) is 14.3 Å². The molecule has 0 fully saturated rings. The van der Waals surface area contributed by atoms with E-state index in [-0.39, 0.29) is 23.8 Å². The number of methoxy groups -OCH3 is 1. The van der Waals surface area contributed by atoms with Crippen LogP contribution in [0.5, 0.6) is 0 Å². The van der Waals surface area contributed by atoms with Crippen molar-refractivity contribution in [2.24, 2.45) is 5.41 Å². The van der Waals surface area contributed by atoms with Crippen LogP contribution in [0.1, 0.15) is 51.7 Å². The van der Waals surface area contributed by atoms with Gasteiger partial charge in [0.2, 0.25) is 5.91 Å². The van der Waals surface area contributed by atoms with Gasteiger partial charge in [-0.25, -0.2) is 0 Å². The van der Waals surface area contributed by atoms with Crippen LogP contribution in [0.2, 0.25) is 0 Å². The lowest BCUT2D eigenvalue weighted by atomic mass is 9.87. The van der Waals surface area contributed by atoms with Crippen molar-refractivity contribution in [3.63, 3.8) is 0 Å². The lowest BCUT2D eigenvalue weighted by Gasteiger charge is -2.29. The van der Waals surface area contributed by atoms with E-state index in [1.165, 1.54) is 7.11 Å². The van der Waals surface area contributed by atoms with Gasteiger partial charge in [0, 0.05) is 5.69 Å². The SMILES string of the molecule is COC(=O)[C@H](NCC(=O)Nc1c(C)cccc1C(C)C)C(C)(C)C. The van der Waals surface area contributed by atoms with Gasteiger partial charge in [-0.15, -0.1) is 0 Å². The minimum atomic E-state index is -0.547.